The van der Waals surface area contributed by atoms with Crippen LogP contribution in [0, 0.1) is 0 Å². The number of benzene rings is 1. The number of sulfonamides is 1. The third-order valence-electron chi connectivity index (χ3n) is 3.27. The summed E-state index contributed by atoms with van der Waals surface area (Å²) in [6.07, 6.45) is 3.62. The van der Waals surface area contributed by atoms with E-state index in [0.717, 1.165) is 31.5 Å². The molecule has 1 aliphatic heterocycles. The molecule has 0 aromatic heterocycles. The first-order valence-corrected chi connectivity index (χ1v) is 8.39. The summed E-state index contributed by atoms with van der Waals surface area (Å²) in [6.45, 7) is 3.03. The molecule has 1 aromatic carbocycles. The van der Waals surface area contributed by atoms with Crippen molar-refractivity contribution in [1.29, 1.82) is 0 Å². The Kier molecular flexibility index (Phi) is 4.44. The highest BCUT2D eigenvalue weighted by Gasteiger charge is 2.16. The van der Waals surface area contributed by atoms with Gasteiger partial charge in [-0.1, -0.05) is 12.1 Å². The lowest BCUT2D eigenvalue weighted by Crippen LogP contribution is -2.29. The summed E-state index contributed by atoms with van der Waals surface area (Å²) in [5, 5.41) is 0. The predicted octanol–water partition coefficient (Wildman–Crippen LogP) is 1.15. The molecule has 0 spiro atoms. The monoisotopic (exact) mass is 283 g/mol. The van der Waals surface area contributed by atoms with E-state index in [2.05, 4.69) is 9.62 Å². The lowest BCUT2D eigenvalue weighted by atomic mass is 10.1. The van der Waals surface area contributed by atoms with E-state index in [1.165, 1.54) is 12.8 Å². The third kappa shape index (κ3) is 4.49. The molecule has 0 aliphatic carbocycles. The Morgan fingerprint density at radius 2 is 2.05 bits per heavy atom. The Morgan fingerprint density at radius 1 is 1.37 bits per heavy atom. The highest BCUT2D eigenvalue weighted by molar-refractivity contribution is 7.92. The van der Waals surface area contributed by atoms with Gasteiger partial charge in [0.2, 0.25) is 10.0 Å². The zero-order valence-corrected chi connectivity index (χ0v) is 12.0. The number of anilines is 1. The number of rotatable bonds is 5. The van der Waals surface area contributed by atoms with Crippen LogP contribution in [-0.4, -0.2) is 39.2 Å². The lowest BCUT2D eigenvalue weighted by Gasteiger charge is -2.20. The third-order valence-corrected chi connectivity index (χ3v) is 3.88. The van der Waals surface area contributed by atoms with Crippen molar-refractivity contribution in [2.24, 2.45) is 5.73 Å². The van der Waals surface area contributed by atoms with Gasteiger partial charge in [-0.2, -0.15) is 0 Å². The average Bonchev–Trinajstić information content (AvgIpc) is 2.80. The summed E-state index contributed by atoms with van der Waals surface area (Å²) in [4.78, 5) is 2.35. The number of nitrogens with two attached hydrogens (primary N) is 1. The molecule has 19 heavy (non-hydrogen) atoms. The number of hydrogen-bond donors (Lipinski definition) is 2. The number of nitrogens with zero attached hydrogens (tertiary/aromatic N) is 1. The van der Waals surface area contributed by atoms with E-state index in [4.69, 9.17) is 5.73 Å². The van der Waals surface area contributed by atoms with E-state index in [0.29, 0.717) is 5.69 Å². The van der Waals surface area contributed by atoms with Gasteiger partial charge in [-0.15, -0.1) is 0 Å². The Hall–Kier alpha value is -1.11. The summed E-state index contributed by atoms with van der Waals surface area (Å²) < 4.78 is 24.9. The maximum atomic E-state index is 11.2. The highest BCUT2D eigenvalue weighted by atomic mass is 32.2. The molecule has 3 N–H and O–H groups in total. The van der Waals surface area contributed by atoms with E-state index in [1.807, 2.05) is 18.2 Å². The van der Waals surface area contributed by atoms with Crippen LogP contribution in [0.2, 0.25) is 0 Å². The van der Waals surface area contributed by atoms with Crippen LogP contribution < -0.4 is 10.5 Å². The standard InChI is InChI=1S/C13H21N3O2S/c1-19(17,18)15-12-6-4-5-11(9-12)13(14)10-16-7-2-3-8-16/h4-6,9,13,15H,2-3,7-8,10,14H2,1H3/t13-/m1/s1. The smallest absolute Gasteiger partial charge is 0.229 e. The minimum atomic E-state index is -3.24. The zero-order valence-electron chi connectivity index (χ0n) is 11.2. The van der Waals surface area contributed by atoms with Crippen molar-refractivity contribution in [2.45, 2.75) is 18.9 Å². The molecular weight excluding hydrogens is 262 g/mol. The van der Waals surface area contributed by atoms with Gasteiger partial charge in [0.05, 0.1) is 6.26 Å². The van der Waals surface area contributed by atoms with Gasteiger partial charge in [-0.05, 0) is 43.6 Å². The second-order valence-corrected chi connectivity index (χ2v) is 6.86. The van der Waals surface area contributed by atoms with Crippen LogP contribution in [0.3, 0.4) is 0 Å². The fraction of sp³-hybridized carbons (Fsp3) is 0.538. The lowest BCUT2D eigenvalue weighted by molar-refractivity contribution is 0.316. The molecule has 0 amide bonds. The van der Waals surface area contributed by atoms with Gasteiger partial charge < -0.3 is 10.6 Å². The first-order valence-electron chi connectivity index (χ1n) is 6.50. The summed E-state index contributed by atoms with van der Waals surface area (Å²) in [5.74, 6) is 0. The van der Waals surface area contributed by atoms with E-state index >= 15 is 0 Å². The van der Waals surface area contributed by atoms with Gasteiger partial charge in [-0.25, -0.2) is 8.42 Å². The molecule has 106 valence electrons. The topological polar surface area (TPSA) is 75.4 Å². The first kappa shape index (κ1) is 14.3. The second-order valence-electron chi connectivity index (χ2n) is 5.11. The molecule has 1 aliphatic rings. The number of likely N-dealkylation sites (tertiary alicyclic amines) is 1. The highest BCUT2D eigenvalue weighted by Crippen LogP contribution is 2.19. The van der Waals surface area contributed by atoms with Crippen molar-refractivity contribution in [1.82, 2.24) is 4.90 Å². The fourth-order valence-corrected chi connectivity index (χ4v) is 2.95. The second kappa shape index (κ2) is 5.90. The molecular formula is C13H21N3O2S. The normalized spacial score (nSPS) is 18.4. The molecule has 0 unspecified atom stereocenters. The maximum absolute atomic E-state index is 11.2. The Bertz CT molecular complexity index is 524. The quantitative estimate of drug-likeness (QED) is 0.850. The molecule has 1 fully saturated rings. The maximum Gasteiger partial charge on any atom is 0.229 e. The van der Waals surface area contributed by atoms with Crippen molar-refractivity contribution >= 4 is 15.7 Å². The molecule has 6 heteroatoms. The number of hydrogen-bond acceptors (Lipinski definition) is 4. The summed E-state index contributed by atoms with van der Waals surface area (Å²) in [7, 11) is -3.24. The van der Waals surface area contributed by atoms with Crippen LogP contribution in [0.4, 0.5) is 5.69 Å². The van der Waals surface area contributed by atoms with Gasteiger partial charge in [0.1, 0.15) is 0 Å². The van der Waals surface area contributed by atoms with Crippen LogP contribution in [0.1, 0.15) is 24.4 Å². The summed E-state index contributed by atoms with van der Waals surface area (Å²) in [6, 6.07) is 7.22. The van der Waals surface area contributed by atoms with Crippen LogP contribution in [-0.2, 0) is 10.0 Å². The van der Waals surface area contributed by atoms with Gasteiger partial charge in [0.15, 0.2) is 0 Å². The molecule has 1 atom stereocenters. The van der Waals surface area contributed by atoms with Crippen molar-refractivity contribution in [3.8, 4) is 0 Å². The largest absolute Gasteiger partial charge is 0.323 e. The van der Waals surface area contributed by atoms with E-state index in [9.17, 15) is 8.42 Å². The molecule has 1 heterocycles. The fourth-order valence-electron chi connectivity index (χ4n) is 2.40. The molecule has 0 radical (unpaired) electrons. The molecule has 5 nitrogen and oxygen atoms in total. The first-order chi connectivity index (χ1) is 8.94. The molecule has 1 aromatic rings. The van der Waals surface area contributed by atoms with Crippen molar-refractivity contribution in [3.63, 3.8) is 0 Å². The summed E-state index contributed by atoms with van der Waals surface area (Å²) in [5.41, 5.74) is 7.71. The Labute approximate surface area is 114 Å². The molecule has 0 bridgehead atoms. The average molecular weight is 283 g/mol. The van der Waals surface area contributed by atoms with Gasteiger partial charge >= 0.3 is 0 Å². The summed E-state index contributed by atoms with van der Waals surface area (Å²) >= 11 is 0. The SMILES string of the molecule is CS(=O)(=O)Nc1cccc([C@H](N)CN2CCCC2)c1. The van der Waals surface area contributed by atoms with Crippen LogP contribution in [0.25, 0.3) is 0 Å². The molecule has 1 saturated heterocycles. The van der Waals surface area contributed by atoms with Gasteiger partial charge in [-0.3, -0.25) is 4.72 Å². The van der Waals surface area contributed by atoms with Gasteiger partial charge in [0, 0.05) is 18.3 Å². The van der Waals surface area contributed by atoms with Crippen LogP contribution in [0.15, 0.2) is 24.3 Å². The van der Waals surface area contributed by atoms with E-state index in [1.54, 1.807) is 6.07 Å². The van der Waals surface area contributed by atoms with E-state index in [-0.39, 0.29) is 6.04 Å². The minimum Gasteiger partial charge on any atom is -0.323 e. The van der Waals surface area contributed by atoms with Crippen LogP contribution >= 0.6 is 0 Å². The Morgan fingerprint density at radius 3 is 2.68 bits per heavy atom. The zero-order chi connectivity index (χ0) is 13.9. The van der Waals surface area contributed by atoms with Crippen molar-refractivity contribution in [2.75, 3.05) is 30.6 Å². The Balaban J connectivity index is 2.04. The molecule has 2 rings (SSSR count). The molecule has 0 saturated carbocycles. The van der Waals surface area contributed by atoms with Crippen molar-refractivity contribution < 1.29 is 8.42 Å². The van der Waals surface area contributed by atoms with Crippen LogP contribution in [0.5, 0.6) is 0 Å². The number of nitrogens with one attached hydrogen (secondary N) is 1. The van der Waals surface area contributed by atoms with E-state index < -0.39 is 10.0 Å². The predicted molar refractivity (Wildman–Crippen MR) is 77.5 cm³/mol. The van der Waals surface area contributed by atoms with Crippen molar-refractivity contribution in [3.05, 3.63) is 29.8 Å². The minimum absolute atomic E-state index is 0.0839. The van der Waals surface area contributed by atoms with Gasteiger partial charge in [0.25, 0.3) is 0 Å².